The second-order valence-electron chi connectivity index (χ2n) is 9.31. The maximum Gasteiger partial charge on any atom is 0.255 e. The molecule has 3 aliphatic rings. The summed E-state index contributed by atoms with van der Waals surface area (Å²) in [6.07, 6.45) is 0.324. The lowest BCUT2D eigenvalue weighted by atomic mass is 9.57. The lowest BCUT2D eigenvalue weighted by Crippen LogP contribution is -2.65. The maximum absolute atomic E-state index is 13.7. The Morgan fingerprint density at radius 2 is 1.67 bits per heavy atom. The molecule has 0 unspecified atom stereocenters. The van der Waals surface area contributed by atoms with Crippen molar-refractivity contribution in [3.8, 4) is 5.75 Å². The van der Waals surface area contributed by atoms with Crippen molar-refractivity contribution in [2.24, 2.45) is 17.6 Å². The molecule has 11 nitrogen and oxygen atoms in total. The molecule has 1 amide bonds. The van der Waals surface area contributed by atoms with Gasteiger partial charge in [0.2, 0.25) is 5.78 Å². The third-order valence-corrected chi connectivity index (χ3v) is 7.06. The highest BCUT2D eigenvalue weighted by molar-refractivity contribution is 6.24. The minimum Gasteiger partial charge on any atom is -0.508 e. The Hall–Kier alpha value is -2.83. The fourth-order valence-electron chi connectivity index (χ4n) is 5.65. The summed E-state index contributed by atoms with van der Waals surface area (Å²) in [6.45, 7) is 0. The molecule has 8 N–H and O–H groups in total. The van der Waals surface area contributed by atoms with Crippen LogP contribution in [0.2, 0.25) is 0 Å². The number of carbonyl (C=O) groups excluding carboxylic acids is 3. The van der Waals surface area contributed by atoms with Crippen LogP contribution in [0.15, 0.2) is 29.0 Å². The minimum atomic E-state index is -2.63. The van der Waals surface area contributed by atoms with E-state index >= 15 is 0 Å². The molecule has 0 radical (unpaired) electrons. The number of hydrogen-bond acceptors (Lipinski definition) is 9. The molecule has 13 heteroatoms. The number of ketones is 2. The predicted molar refractivity (Wildman–Crippen MR) is 137 cm³/mol. The Bertz CT molecular complexity index is 1180. The lowest BCUT2D eigenvalue weighted by Gasteiger charge is -2.50. The normalized spacial score (nSPS) is 26.7. The molecule has 0 aromatic heterocycles. The van der Waals surface area contributed by atoms with Crippen LogP contribution in [0, 0.1) is 11.8 Å². The van der Waals surface area contributed by atoms with E-state index in [9.17, 15) is 34.8 Å². The van der Waals surface area contributed by atoms with Crippen LogP contribution >= 0.6 is 24.8 Å². The zero-order valence-corrected chi connectivity index (χ0v) is 21.7. The number of likely N-dealkylation sites (N-methyl/N-ethyl adjacent to an activating group) is 1. The first kappa shape index (κ1) is 31.2. The smallest absolute Gasteiger partial charge is 0.255 e. The molecule has 200 valence electrons. The number of carbonyl (C=O) groups is 3. The largest absolute Gasteiger partial charge is 0.508 e. The number of primary amides is 1. The van der Waals surface area contributed by atoms with Crippen molar-refractivity contribution in [1.29, 1.82) is 0 Å². The van der Waals surface area contributed by atoms with Crippen molar-refractivity contribution >= 4 is 53.7 Å². The monoisotopic (exact) mass is 547 g/mol. The van der Waals surface area contributed by atoms with Gasteiger partial charge in [-0.15, -0.1) is 24.8 Å². The van der Waals surface area contributed by atoms with Gasteiger partial charge in [0.25, 0.3) is 5.91 Å². The zero-order chi connectivity index (χ0) is 24.6. The summed E-state index contributed by atoms with van der Waals surface area (Å²) in [7, 11) is 6.75. The average Bonchev–Trinajstić information content (AvgIpc) is 2.70. The third-order valence-electron chi connectivity index (χ3n) is 7.06. The first-order chi connectivity index (χ1) is 15.3. The van der Waals surface area contributed by atoms with Crippen molar-refractivity contribution in [2.75, 3.05) is 33.1 Å². The van der Waals surface area contributed by atoms with E-state index < -0.39 is 58.0 Å². The molecule has 1 aromatic rings. The number of nitrogens with two attached hydrogens (primary N) is 1. The molecule has 36 heavy (non-hydrogen) atoms. The molecule has 3 aliphatic carbocycles. The van der Waals surface area contributed by atoms with Gasteiger partial charge in [0.05, 0.1) is 11.6 Å². The van der Waals surface area contributed by atoms with Crippen molar-refractivity contribution < 1.29 is 40.3 Å². The number of amides is 1. The van der Waals surface area contributed by atoms with Gasteiger partial charge in [0.1, 0.15) is 22.8 Å². The van der Waals surface area contributed by atoms with E-state index in [-0.39, 0.29) is 60.0 Å². The van der Waals surface area contributed by atoms with Crippen LogP contribution in [0.5, 0.6) is 5.75 Å². The number of phenolic OH excluding ortho intramolecular Hbond substituents is 1. The second-order valence-corrected chi connectivity index (χ2v) is 9.31. The molecule has 4 atom stereocenters. The molecule has 1 fully saturated rings. The molecule has 4 rings (SSSR count). The Labute approximate surface area is 220 Å². The number of fused-ring (bicyclic) bond motifs is 3. The van der Waals surface area contributed by atoms with Crippen LogP contribution in [-0.2, 0) is 20.8 Å². The Morgan fingerprint density at radius 1 is 1.08 bits per heavy atom. The number of phenols is 1. The van der Waals surface area contributed by atoms with E-state index in [1.165, 1.54) is 11.0 Å². The fraction of sp³-hybridized carbons (Fsp3) is 0.435. The highest BCUT2D eigenvalue weighted by Gasteiger charge is 2.64. The maximum atomic E-state index is 13.7. The number of nitrogens with zero attached hydrogens (tertiary/aromatic N) is 2. The second kappa shape index (κ2) is 10.3. The summed E-state index contributed by atoms with van der Waals surface area (Å²) in [5.74, 6) is -6.54. The fourth-order valence-corrected chi connectivity index (χ4v) is 5.65. The van der Waals surface area contributed by atoms with E-state index in [2.05, 4.69) is 0 Å². The molecule has 0 aliphatic heterocycles. The number of Topliss-reactive ketones (excluding diaryl/α,β-unsaturated/α-hetero) is 2. The van der Waals surface area contributed by atoms with Gasteiger partial charge in [0.15, 0.2) is 11.4 Å². The summed E-state index contributed by atoms with van der Waals surface area (Å²) in [4.78, 5) is 42.0. The average molecular weight is 548 g/mol. The van der Waals surface area contributed by atoms with Gasteiger partial charge in [-0.2, -0.15) is 0 Å². The number of anilines is 1. The van der Waals surface area contributed by atoms with E-state index in [1.54, 1.807) is 20.2 Å². The van der Waals surface area contributed by atoms with Gasteiger partial charge in [-0.25, -0.2) is 0 Å². The SMILES string of the molecule is CN(C)c1ccc(O)c2c1C[C@H]1C[C@@H]3[C@H](N(C)C)C(=O)C(C(N)=O)=C(O)[C@@]3(O)C(=O)C1=C2O.Cl.Cl.O. The number of hydrogen-bond donors (Lipinski definition) is 5. The summed E-state index contributed by atoms with van der Waals surface area (Å²) in [5.41, 5.74) is 3.15. The molecule has 1 saturated carbocycles. The van der Waals surface area contributed by atoms with Gasteiger partial charge < -0.3 is 36.5 Å². The van der Waals surface area contributed by atoms with Crippen LogP contribution in [0.1, 0.15) is 17.5 Å². The zero-order valence-electron chi connectivity index (χ0n) is 20.1. The van der Waals surface area contributed by atoms with Crippen molar-refractivity contribution in [1.82, 2.24) is 4.90 Å². The first-order valence-electron chi connectivity index (χ1n) is 10.5. The molecule has 0 heterocycles. The molecule has 1 aromatic carbocycles. The Balaban J connectivity index is 0.00000216. The highest BCUT2D eigenvalue weighted by Crippen LogP contribution is 2.53. The van der Waals surface area contributed by atoms with Gasteiger partial charge in [-0.1, -0.05) is 0 Å². The van der Waals surface area contributed by atoms with Crippen LogP contribution in [0.3, 0.4) is 0 Å². The van der Waals surface area contributed by atoms with Crippen molar-refractivity contribution in [3.05, 3.63) is 40.2 Å². The molecule has 0 saturated heterocycles. The van der Waals surface area contributed by atoms with E-state index in [4.69, 9.17) is 5.73 Å². The van der Waals surface area contributed by atoms with Crippen LogP contribution < -0.4 is 10.6 Å². The van der Waals surface area contributed by atoms with Gasteiger partial charge in [0, 0.05) is 31.3 Å². The molecule has 0 spiro atoms. The topological polar surface area (TPSA) is 196 Å². The number of aliphatic hydroxyl groups is 3. The Kier molecular flexibility index (Phi) is 8.90. The Morgan fingerprint density at radius 3 is 2.17 bits per heavy atom. The van der Waals surface area contributed by atoms with Gasteiger partial charge in [-0.05, 0) is 50.6 Å². The highest BCUT2D eigenvalue weighted by atomic mass is 35.5. The van der Waals surface area contributed by atoms with E-state index in [1.807, 2.05) is 19.0 Å². The summed E-state index contributed by atoms with van der Waals surface area (Å²) in [6, 6.07) is 2.01. The molecular weight excluding hydrogens is 517 g/mol. The van der Waals surface area contributed by atoms with Gasteiger partial charge >= 0.3 is 0 Å². The summed E-state index contributed by atoms with van der Waals surface area (Å²) >= 11 is 0. The van der Waals surface area contributed by atoms with E-state index in [0.29, 0.717) is 5.56 Å². The van der Waals surface area contributed by atoms with Crippen molar-refractivity contribution in [2.45, 2.75) is 24.5 Å². The predicted octanol–water partition coefficient (Wildman–Crippen LogP) is 0.0489. The van der Waals surface area contributed by atoms with Crippen molar-refractivity contribution in [3.63, 3.8) is 0 Å². The number of rotatable bonds is 3. The number of aromatic hydroxyl groups is 1. The number of benzene rings is 1. The summed E-state index contributed by atoms with van der Waals surface area (Å²) in [5, 5.41) is 43.9. The summed E-state index contributed by atoms with van der Waals surface area (Å²) < 4.78 is 0. The number of aliphatic hydroxyl groups excluding tert-OH is 2. The third kappa shape index (κ3) is 4.00. The molecular formula is C23H31Cl2N3O8. The van der Waals surface area contributed by atoms with E-state index in [0.717, 1.165) is 5.69 Å². The van der Waals surface area contributed by atoms with Crippen LogP contribution in [0.25, 0.3) is 5.76 Å². The number of halogens is 2. The standard InChI is InChI=1S/C23H27N3O7.2ClH.H2O/c1-25(2)12-5-6-13(27)15-10(12)7-9-8-11-17(26(3)4)19(29)16(22(24)32)21(31)23(11,33)20(30)14(9)18(15)28;;;/h5-6,9,11,17,27-28,31,33H,7-8H2,1-4H3,(H2,24,32);2*1H;1H2/t9-,11+,17-,23-;;;/m0.../s1. The molecule has 0 bridgehead atoms. The minimum absolute atomic E-state index is 0. The quantitative estimate of drug-likeness (QED) is 0.324. The van der Waals surface area contributed by atoms with Crippen LogP contribution in [-0.4, -0.2) is 88.1 Å². The van der Waals surface area contributed by atoms with Gasteiger partial charge in [-0.3, -0.25) is 19.3 Å². The van der Waals surface area contributed by atoms with Crippen LogP contribution in [0.4, 0.5) is 5.69 Å². The first-order valence-corrected chi connectivity index (χ1v) is 10.5. The lowest BCUT2D eigenvalue weighted by molar-refractivity contribution is -0.153.